The maximum Gasteiger partial charge on any atom is 0.0460 e. The average molecular weight is 285 g/mol. The van der Waals surface area contributed by atoms with Crippen LogP contribution in [0.5, 0.6) is 0 Å². The molecule has 0 aliphatic rings. The normalized spacial score (nSPS) is 12.8. The predicted molar refractivity (Wildman–Crippen MR) is 73.2 cm³/mol. The van der Waals surface area contributed by atoms with Crippen LogP contribution in [0.3, 0.4) is 0 Å². The molecule has 1 rings (SSSR count). The van der Waals surface area contributed by atoms with E-state index in [1.165, 1.54) is 34.0 Å². The molecule has 0 heterocycles. The van der Waals surface area contributed by atoms with E-state index >= 15 is 0 Å². The highest BCUT2D eigenvalue weighted by atomic mass is 79.9. The van der Waals surface area contributed by atoms with Crippen molar-refractivity contribution in [2.24, 2.45) is 5.84 Å². The molecule has 0 aliphatic carbocycles. The fourth-order valence-corrected chi connectivity index (χ4v) is 2.16. The monoisotopic (exact) mass is 284 g/mol. The van der Waals surface area contributed by atoms with Crippen LogP contribution < -0.4 is 11.3 Å². The highest BCUT2D eigenvalue weighted by Gasteiger charge is 2.11. The van der Waals surface area contributed by atoms with Gasteiger partial charge >= 0.3 is 0 Å². The van der Waals surface area contributed by atoms with Crippen LogP contribution in [-0.4, -0.2) is 0 Å². The molecule has 90 valence electrons. The van der Waals surface area contributed by atoms with Gasteiger partial charge in [-0.15, -0.1) is 0 Å². The molecular weight excluding hydrogens is 264 g/mol. The molecule has 0 saturated carbocycles. The smallest absolute Gasteiger partial charge is 0.0460 e. The van der Waals surface area contributed by atoms with Crippen LogP contribution in [0.25, 0.3) is 0 Å². The van der Waals surface area contributed by atoms with Crippen molar-refractivity contribution in [1.29, 1.82) is 0 Å². The Hall–Kier alpha value is -0.380. The Morgan fingerprint density at radius 1 is 1.31 bits per heavy atom. The van der Waals surface area contributed by atoms with E-state index in [1.54, 1.807) is 0 Å². The van der Waals surface area contributed by atoms with Gasteiger partial charge in [0.05, 0.1) is 0 Å². The van der Waals surface area contributed by atoms with E-state index in [0.29, 0.717) is 0 Å². The van der Waals surface area contributed by atoms with E-state index in [1.807, 2.05) is 0 Å². The number of halogens is 1. The summed E-state index contributed by atoms with van der Waals surface area (Å²) < 4.78 is 1.20. The quantitative estimate of drug-likeness (QED) is 0.638. The highest BCUT2D eigenvalue weighted by molar-refractivity contribution is 9.10. The van der Waals surface area contributed by atoms with Crippen molar-refractivity contribution < 1.29 is 0 Å². The number of rotatable bonds is 5. The molecule has 16 heavy (non-hydrogen) atoms. The minimum Gasteiger partial charge on any atom is -0.271 e. The molecule has 0 fully saturated rings. The fraction of sp³-hybridized carbons (Fsp3) is 0.538. The lowest BCUT2D eigenvalue weighted by Gasteiger charge is -2.18. The molecule has 0 saturated heterocycles. The Labute approximate surface area is 107 Å². The fourth-order valence-electron chi connectivity index (χ4n) is 1.94. The van der Waals surface area contributed by atoms with Crippen LogP contribution in [-0.2, 0) is 0 Å². The van der Waals surface area contributed by atoms with Gasteiger partial charge in [0.1, 0.15) is 0 Å². The highest BCUT2D eigenvalue weighted by Crippen LogP contribution is 2.27. The Morgan fingerprint density at radius 2 is 1.88 bits per heavy atom. The van der Waals surface area contributed by atoms with E-state index in [2.05, 4.69) is 54.3 Å². The summed E-state index contributed by atoms with van der Waals surface area (Å²) in [5.41, 5.74) is 6.74. The maximum absolute atomic E-state index is 5.62. The summed E-state index contributed by atoms with van der Waals surface area (Å²) in [4.78, 5) is 0. The van der Waals surface area contributed by atoms with Crippen LogP contribution in [0, 0.1) is 13.8 Å². The summed E-state index contributed by atoms with van der Waals surface area (Å²) in [6, 6.07) is 4.68. The molecule has 0 aliphatic heterocycles. The number of nitrogens with one attached hydrogen (secondary N) is 1. The lowest BCUT2D eigenvalue weighted by molar-refractivity contribution is 0.494. The topological polar surface area (TPSA) is 38.0 Å². The van der Waals surface area contributed by atoms with Crippen molar-refractivity contribution in [1.82, 2.24) is 5.43 Å². The number of benzene rings is 1. The number of aryl methyl sites for hydroxylation is 2. The van der Waals surface area contributed by atoms with Gasteiger partial charge in [0.2, 0.25) is 0 Å². The van der Waals surface area contributed by atoms with Gasteiger partial charge in [0.15, 0.2) is 0 Å². The minimum atomic E-state index is 0.269. The Morgan fingerprint density at radius 3 is 2.31 bits per heavy atom. The lowest BCUT2D eigenvalue weighted by Crippen LogP contribution is -2.28. The lowest BCUT2D eigenvalue weighted by atomic mass is 9.98. The average Bonchev–Trinajstić information content (AvgIpc) is 2.26. The van der Waals surface area contributed by atoms with Crippen molar-refractivity contribution >= 4 is 15.9 Å². The van der Waals surface area contributed by atoms with Crippen molar-refractivity contribution in [3.05, 3.63) is 33.3 Å². The van der Waals surface area contributed by atoms with Gasteiger partial charge in [0.25, 0.3) is 0 Å². The SMILES string of the molecule is CCCCC(NN)c1cc(C)c(Br)c(C)c1. The van der Waals surface area contributed by atoms with Crippen molar-refractivity contribution in [2.75, 3.05) is 0 Å². The molecule has 1 aromatic carbocycles. The van der Waals surface area contributed by atoms with Gasteiger partial charge in [0, 0.05) is 10.5 Å². The molecule has 1 atom stereocenters. The molecule has 0 aromatic heterocycles. The molecule has 1 aromatic rings. The molecular formula is C13H21BrN2. The number of hydrazine groups is 1. The van der Waals surface area contributed by atoms with E-state index in [9.17, 15) is 0 Å². The number of hydrogen-bond acceptors (Lipinski definition) is 2. The van der Waals surface area contributed by atoms with Gasteiger partial charge in [-0.3, -0.25) is 11.3 Å². The van der Waals surface area contributed by atoms with Gasteiger partial charge in [-0.2, -0.15) is 0 Å². The molecule has 1 unspecified atom stereocenters. The first-order valence-corrected chi connectivity index (χ1v) is 6.62. The molecule has 3 heteroatoms. The standard InChI is InChI=1S/C13H21BrN2/c1-4-5-6-12(16-15)11-7-9(2)13(14)10(3)8-11/h7-8,12,16H,4-6,15H2,1-3H3. The zero-order valence-electron chi connectivity index (χ0n) is 10.3. The van der Waals surface area contributed by atoms with Crippen molar-refractivity contribution in [3.8, 4) is 0 Å². The summed E-state index contributed by atoms with van der Waals surface area (Å²) in [6.07, 6.45) is 3.49. The van der Waals surface area contributed by atoms with E-state index in [0.717, 1.165) is 6.42 Å². The van der Waals surface area contributed by atoms with Crippen LogP contribution in [0.1, 0.15) is 48.9 Å². The third-order valence-electron chi connectivity index (χ3n) is 2.91. The number of hydrogen-bond donors (Lipinski definition) is 2. The first-order chi connectivity index (χ1) is 7.60. The van der Waals surface area contributed by atoms with Crippen LogP contribution in [0.4, 0.5) is 0 Å². The van der Waals surface area contributed by atoms with Crippen LogP contribution >= 0.6 is 15.9 Å². The van der Waals surface area contributed by atoms with Gasteiger partial charge in [-0.05, 0) is 37.0 Å². The summed E-state index contributed by atoms with van der Waals surface area (Å²) in [7, 11) is 0. The molecule has 0 bridgehead atoms. The second kappa shape index (κ2) is 6.38. The molecule has 0 radical (unpaired) electrons. The minimum absolute atomic E-state index is 0.269. The Bertz CT molecular complexity index is 327. The first kappa shape index (κ1) is 13.7. The summed E-state index contributed by atoms with van der Waals surface area (Å²) >= 11 is 3.59. The number of nitrogens with two attached hydrogens (primary N) is 1. The molecule has 3 N–H and O–H groups in total. The van der Waals surface area contributed by atoms with Gasteiger partial charge in [-0.1, -0.05) is 47.8 Å². The van der Waals surface area contributed by atoms with Crippen LogP contribution in [0.2, 0.25) is 0 Å². The van der Waals surface area contributed by atoms with Crippen LogP contribution in [0.15, 0.2) is 16.6 Å². The number of unbranched alkanes of at least 4 members (excludes halogenated alkanes) is 1. The zero-order valence-corrected chi connectivity index (χ0v) is 11.9. The zero-order chi connectivity index (χ0) is 12.1. The second-order valence-corrected chi connectivity index (χ2v) is 5.12. The maximum atomic E-state index is 5.62. The third-order valence-corrected chi connectivity index (χ3v) is 4.16. The van der Waals surface area contributed by atoms with Crippen molar-refractivity contribution in [2.45, 2.75) is 46.1 Å². The molecule has 2 nitrogen and oxygen atoms in total. The predicted octanol–water partition coefficient (Wildman–Crippen LogP) is 3.76. The summed E-state index contributed by atoms with van der Waals surface area (Å²) in [6.45, 7) is 6.44. The van der Waals surface area contributed by atoms with E-state index in [-0.39, 0.29) is 6.04 Å². The summed E-state index contributed by atoms with van der Waals surface area (Å²) in [5, 5.41) is 0. The Balaban J connectivity index is 2.92. The van der Waals surface area contributed by atoms with E-state index < -0.39 is 0 Å². The van der Waals surface area contributed by atoms with Crippen molar-refractivity contribution in [3.63, 3.8) is 0 Å². The van der Waals surface area contributed by atoms with Gasteiger partial charge in [-0.25, -0.2) is 0 Å². The third kappa shape index (κ3) is 3.30. The first-order valence-electron chi connectivity index (χ1n) is 5.83. The summed E-state index contributed by atoms with van der Waals surface area (Å²) in [5.74, 6) is 5.62. The Kier molecular flexibility index (Phi) is 5.46. The van der Waals surface area contributed by atoms with E-state index in [4.69, 9.17) is 5.84 Å². The largest absolute Gasteiger partial charge is 0.271 e. The van der Waals surface area contributed by atoms with Gasteiger partial charge < -0.3 is 0 Å². The second-order valence-electron chi connectivity index (χ2n) is 4.33. The molecule has 0 amide bonds. The molecule has 0 spiro atoms.